The zero-order valence-corrected chi connectivity index (χ0v) is 10.3. The van der Waals surface area contributed by atoms with Crippen molar-refractivity contribution in [3.8, 4) is 10.6 Å². The summed E-state index contributed by atoms with van der Waals surface area (Å²) in [5.74, 6) is -0.705. The maximum Gasteiger partial charge on any atom is 0.341 e. The van der Waals surface area contributed by atoms with E-state index in [2.05, 4.69) is 5.16 Å². The highest BCUT2D eigenvalue weighted by Crippen LogP contribution is 2.36. The fraction of sp³-hybridized carbons (Fsp3) is 0.0769. The molecule has 0 saturated heterocycles. The molecule has 0 fully saturated rings. The van der Waals surface area contributed by atoms with Gasteiger partial charge in [0, 0.05) is 4.70 Å². The Bertz CT molecular complexity index is 742. The zero-order chi connectivity index (χ0) is 12.7. The number of hydrogen-bond acceptors (Lipinski definition) is 4. The minimum absolute atomic E-state index is 0.0965. The van der Waals surface area contributed by atoms with Gasteiger partial charge in [-0.1, -0.05) is 17.3 Å². The van der Waals surface area contributed by atoms with Crippen molar-refractivity contribution in [2.45, 2.75) is 6.92 Å². The molecule has 0 radical (unpaired) electrons. The van der Waals surface area contributed by atoms with Crippen molar-refractivity contribution < 1.29 is 14.4 Å². The zero-order valence-electron chi connectivity index (χ0n) is 9.51. The molecule has 4 nitrogen and oxygen atoms in total. The van der Waals surface area contributed by atoms with Crippen LogP contribution in [-0.2, 0) is 0 Å². The van der Waals surface area contributed by atoms with E-state index >= 15 is 0 Å². The van der Waals surface area contributed by atoms with Gasteiger partial charge in [0.2, 0.25) is 0 Å². The van der Waals surface area contributed by atoms with Gasteiger partial charge in [-0.25, -0.2) is 4.79 Å². The lowest BCUT2D eigenvalue weighted by atomic mass is 10.1. The fourth-order valence-corrected chi connectivity index (χ4v) is 3.02. The summed E-state index contributed by atoms with van der Waals surface area (Å²) < 4.78 is 6.17. The number of aryl methyl sites for hydroxylation is 1. The third-order valence-electron chi connectivity index (χ3n) is 2.80. The Balaban J connectivity index is 2.23. The van der Waals surface area contributed by atoms with Crippen LogP contribution in [0.4, 0.5) is 0 Å². The third-order valence-corrected chi connectivity index (χ3v) is 3.90. The van der Waals surface area contributed by atoms with Gasteiger partial charge in [-0.3, -0.25) is 0 Å². The van der Waals surface area contributed by atoms with Gasteiger partial charge in [-0.2, -0.15) is 0 Å². The molecule has 2 aromatic heterocycles. The van der Waals surface area contributed by atoms with Crippen LogP contribution in [0, 0.1) is 6.92 Å². The number of aromatic nitrogens is 1. The summed E-state index contributed by atoms with van der Waals surface area (Å²) in [6, 6.07) is 7.96. The van der Waals surface area contributed by atoms with Gasteiger partial charge in [0.15, 0.2) is 5.76 Å². The first kappa shape index (κ1) is 11.0. The number of rotatable bonds is 2. The van der Waals surface area contributed by atoms with E-state index in [1.54, 1.807) is 0 Å². The molecule has 0 spiro atoms. The first-order valence-electron chi connectivity index (χ1n) is 5.34. The number of nitrogens with zero attached hydrogens (tertiary/aromatic N) is 1. The van der Waals surface area contributed by atoms with Gasteiger partial charge in [0.1, 0.15) is 5.56 Å². The predicted molar refractivity (Wildman–Crippen MR) is 69.0 cm³/mol. The third kappa shape index (κ3) is 1.60. The number of carboxylic acids is 1. The normalized spacial score (nSPS) is 10.9. The Morgan fingerprint density at radius 2 is 2.28 bits per heavy atom. The molecule has 1 N–H and O–H groups in total. The minimum Gasteiger partial charge on any atom is -0.477 e. The van der Waals surface area contributed by atoms with Crippen LogP contribution in [-0.4, -0.2) is 16.2 Å². The summed E-state index contributed by atoms with van der Waals surface area (Å²) in [4.78, 5) is 11.8. The Morgan fingerprint density at radius 3 is 3.00 bits per heavy atom. The quantitative estimate of drug-likeness (QED) is 0.764. The number of thiophene rings is 1. The molecule has 2 heterocycles. The van der Waals surface area contributed by atoms with Crippen LogP contribution in [0.5, 0.6) is 0 Å². The van der Waals surface area contributed by atoms with Crippen LogP contribution < -0.4 is 0 Å². The summed E-state index contributed by atoms with van der Waals surface area (Å²) >= 11 is 1.50. The lowest BCUT2D eigenvalue weighted by Crippen LogP contribution is -1.94. The fourth-order valence-electron chi connectivity index (χ4n) is 1.89. The second-order valence-corrected chi connectivity index (χ2v) is 5.05. The molecule has 0 aliphatic rings. The minimum atomic E-state index is -1.03. The number of fused-ring (bicyclic) bond motifs is 1. The summed E-state index contributed by atoms with van der Waals surface area (Å²) in [5, 5.41) is 13.7. The molecule has 1 aromatic carbocycles. The Hall–Kier alpha value is -2.14. The van der Waals surface area contributed by atoms with Gasteiger partial charge >= 0.3 is 5.97 Å². The highest BCUT2D eigenvalue weighted by Gasteiger charge is 2.19. The lowest BCUT2D eigenvalue weighted by molar-refractivity contribution is 0.0697. The summed E-state index contributed by atoms with van der Waals surface area (Å²) in [6.45, 7) is 2.03. The van der Waals surface area contributed by atoms with E-state index in [1.165, 1.54) is 17.5 Å². The van der Waals surface area contributed by atoms with Crippen LogP contribution in [0.15, 0.2) is 35.0 Å². The second-order valence-electron chi connectivity index (χ2n) is 3.97. The number of carboxylic acid groups (broad SMARTS) is 1. The molecular formula is C13H9NO3S. The smallest absolute Gasteiger partial charge is 0.341 e. The number of hydrogen-bond donors (Lipinski definition) is 1. The van der Waals surface area contributed by atoms with E-state index in [-0.39, 0.29) is 5.56 Å². The van der Waals surface area contributed by atoms with Gasteiger partial charge < -0.3 is 9.63 Å². The molecular weight excluding hydrogens is 250 g/mol. The largest absolute Gasteiger partial charge is 0.477 e. The van der Waals surface area contributed by atoms with Gasteiger partial charge in [0.05, 0.1) is 11.1 Å². The highest BCUT2D eigenvalue weighted by atomic mass is 32.1. The monoisotopic (exact) mass is 259 g/mol. The maximum absolute atomic E-state index is 11.0. The molecule has 0 aliphatic carbocycles. The lowest BCUT2D eigenvalue weighted by Gasteiger charge is -1.92. The molecule has 0 aliphatic heterocycles. The molecule has 0 bridgehead atoms. The summed E-state index contributed by atoms with van der Waals surface area (Å²) in [5.41, 5.74) is 1.26. The number of benzene rings is 1. The standard InChI is InChI=1S/C13H9NO3S/c1-7-3-2-4-10-8(7)5-11(18-10)12-9(13(15)16)6-14-17-12/h2-6H,1H3,(H,15,16). The average Bonchev–Trinajstić information content (AvgIpc) is 2.95. The Kier molecular flexibility index (Phi) is 2.41. The second kappa shape index (κ2) is 3.96. The van der Waals surface area contributed by atoms with E-state index in [0.29, 0.717) is 5.76 Å². The number of aromatic carboxylic acids is 1. The van der Waals surface area contributed by atoms with Crippen molar-refractivity contribution in [2.24, 2.45) is 0 Å². The van der Waals surface area contributed by atoms with Crippen molar-refractivity contribution in [2.75, 3.05) is 0 Å². The van der Waals surface area contributed by atoms with Crippen LogP contribution in [0.1, 0.15) is 15.9 Å². The van der Waals surface area contributed by atoms with Crippen LogP contribution in [0.3, 0.4) is 0 Å². The molecule has 18 heavy (non-hydrogen) atoms. The van der Waals surface area contributed by atoms with E-state index < -0.39 is 5.97 Å². The SMILES string of the molecule is Cc1cccc2sc(-c3oncc3C(=O)O)cc12. The van der Waals surface area contributed by atoms with Gasteiger partial charge in [-0.05, 0) is 30.0 Å². The van der Waals surface area contributed by atoms with Crippen LogP contribution in [0.2, 0.25) is 0 Å². The molecule has 3 rings (SSSR count). The average molecular weight is 259 g/mol. The van der Waals surface area contributed by atoms with Crippen molar-refractivity contribution >= 4 is 27.4 Å². The molecule has 0 amide bonds. The van der Waals surface area contributed by atoms with Crippen molar-refractivity contribution in [1.29, 1.82) is 0 Å². The first-order valence-corrected chi connectivity index (χ1v) is 6.16. The molecule has 0 saturated carbocycles. The van der Waals surface area contributed by atoms with E-state index in [1.807, 2.05) is 31.2 Å². The van der Waals surface area contributed by atoms with E-state index in [4.69, 9.17) is 9.63 Å². The van der Waals surface area contributed by atoms with Gasteiger partial charge in [0.25, 0.3) is 0 Å². The Morgan fingerprint density at radius 1 is 1.44 bits per heavy atom. The number of carbonyl (C=O) groups is 1. The Labute approximate surface area is 106 Å². The van der Waals surface area contributed by atoms with Crippen molar-refractivity contribution in [3.05, 3.63) is 41.6 Å². The molecule has 3 aromatic rings. The van der Waals surface area contributed by atoms with Crippen molar-refractivity contribution in [3.63, 3.8) is 0 Å². The van der Waals surface area contributed by atoms with E-state index in [9.17, 15) is 4.79 Å². The van der Waals surface area contributed by atoms with Crippen LogP contribution in [0.25, 0.3) is 20.7 Å². The molecule has 0 unspecified atom stereocenters. The maximum atomic E-state index is 11.0. The van der Waals surface area contributed by atoms with Gasteiger partial charge in [-0.15, -0.1) is 11.3 Å². The summed E-state index contributed by atoms with van der Waals surface area (Å²) in [7, 11) is 0. The summed E-state index contributed by atoms with van der Waals surface area (Å²) in [6.07, 6.45) is 1.23. The molecule has 5 heteroatoms. The van der Waals surface area contributed by atoms with Crippen molar-refractivity contribution in [1.82, 2.24) is 5.16 Å². The first-order chi connectivity index (χ1) is 8.66. The topological polar surface area (TPSA) is 63.3 Å². The predicted octanol–water partition coefficient (Wildman–Crippen LogP) is 3.56. The highest BCUT2D eigenvalue weighted by molar-refractivity contribution is 7.22. The van der Waals surface area contributed by atoms with Crippen LogP contribution >= 0.6 is 11.3 Å². The van der Waals surface area contributed by atoms with E-state index in [0.717, 1.165) is 20.5 Å². The molecule has 0 atom stereocenters. The molecule has 90 valence electrons.